The van der Waals surface area contributed by atoms with E-state index in [1.54, 1.807) is 19.2 Å². The number of fused-ring (bicyclic) bond motifs is 1. The first-order chi connectivity index (χ1) is 9.20. The fourth-order valence-corrected chi connectivity index (χ4v) is 2.90. The van der Waals surface area contributed by atoms with Crippen LogP contribution in [0, 0.1) is 0 Å². The molecule has 0 saturated heterocycles. The van der Waals surface area contributed by atoms with E-state index < -0.39 is 0 Å². The molecule has 0 fully saturated rings. The smallest absolute Gasteiger partial charge is 0.282 e. The zero-order valence-corrected chi connectivity index (χ0v) is 11.5. The standard InChI is InChI=1S/C13H9ClN2O2S/c1-18-10-6-7(14)2-3-8(10)11-9-4-5-19-12(9)13(17)16-15-11/h2-6H,1H3,(H,16,17). The van der Waals surface area contributed by atoms with Crippen LogP contribution in [0.2, 0.25) is 5.02 Å². The Balaban J connectivity index is 2.33. The van der Waals surface area contributed by atoms with Crippen LogP contribution in [0.15, 0.2) is 34.4 Å². The average molecular weight is 293 g/mol. The van der Waals surface area contributed by atoms with Crippen LogP contribution in [-0.4, -0.2) is 17.3 Å². The highest BCUT2D eigenvalue weighted by atomic mass is 35.5. The lowest BCUT2D eigenvalue weighted by Gasteiger charge is -2.08. The van der Waals surface area contributed by atoms with E-state index in [0.29, 0.717) is 21.2 Å². The average Bonchev–Trinajstić information content (AvgIpc) is 2.90. The summed E-state index contributed by atoms with van der Waals surface area (Å²) in [4.78, 5) is 11.7. The monoisotopic (exact) mass is 292 g/mol. The third-order valence-electron chi connectivity index (χ3n) is 2.81. The molecule has 3 aromatic rings. The second-order valence-electron chi connectivity index (χ2n) is 3.91. The summed E-state index contributed by atoms with van der Waals surface area (Å²) in [5.41, 5.74) is 1.30. The molecule has 6 heteroatoms. The van der Waals surface area contributed by atoms with E-state index >= 15 is 0 Å². The summed E-state index contributed by atoms with van der Waals surface area (Å²) in [6.07, 6.45) is 0. The second kappa shape index (κ2) is 4.68. The van der Waals surface area contributed by atoms with E-state index in [9.17, 15) is 4.79 Å². The zero-order chi connectivity index (χ0) is 13.4. The van der Waals surface area contributed by atoms with Gasteiger partial charge >= 0.3 is 0 Å². The molecule has 0 saturated carbocycles. The SMILES string of the molecule is COc1cc(Cl)ccc1-c1n[nH]c(=O)c2sccc12. The number of ether oxygens (including phenoxy) is 1. The van der Waals surface area contributed by atoms with E-state index in [0.717, 1.165) is 10.9 Å². The van der Waals surface area contributed by atoms with Gasteiger partial charge in [-0.15, -0.1) is 11.3 Å². The minimum atomic E-state index is -0.179. The lowest BCUT2D eigenvalue weighted by Crippen LogP contribution is -2.07. The van der Waals surface area contributed by atoms with Crippen LogP contribution < -0.4 is 10.3 Å². The van der Waals surface area contributed by atoms with Gasteiger partial charge in [0.25, 0.3) is 5.56 Å². The lowest BCUT2D eigenvalue weighted by molar-refractivity contribution is 0.416. The van der Waals surface area contributed by atoms with E-state index in [-0.39, 0.29) is 5.56 Å². The lowest BCUT2D eigenvalue weighted by atomic mass is 10.1. The molecule has 0 radical (unpaired) electrons. The van der Waals surface area contributed by atoms with Gasteiger partial charge in [-0.05, 0) is 29.6 Å². The summed E-state index contributed by atoms with van der Waals surface area (Å²) in [7, 11) is 1.58. The Bertz CT molecular complexity index is 810. The molecule has 19 heavy (non-hydrogen) atoms. The maximum Gasteiger partial charge on any atom is 0.282 e. The highest BCUT2D eigenvalue weighted by Crippen LogP contribution is 2.35. The van der Waals surface area contributed by atoms with E-state index in [2.05, 4.69) is 10.2 Å². The topological polar surface area (TPSA) is 55.0 Å². The molecule has 1 N–H and O–H groups in total. The van der Waals surface area contributed by atoms with Gasteiger partial charge in [0.2, 0.25) is 0 Å². The van der Waals surface area contributed by atoms with Crippen molar-refractivity contribution in [2.75, 3.05) is 7.11 Å². The zero-order valence-electron chi connectivity index (χ0n) is 9.94. The van der Waals surface area contributed by atoms with E-state index in [4.69, 9.17) is 16.3 Å². The highest BCUT2D eigenvalue weighted by molar-refractivity contribution is 7.17. The third kappa shape index (κ3) is 2.01. The highest BCUT2D eigenvalue weighted by Gasteiger charge is 2.14. The number of halogens is 1. The maximum atomic E-state index is 11.7. The van der Waals surface area contributed by atoms with Crippen LogP contribution in [0.4, 0.5) is 0 Å². The van der Waals surface area contributed by atoms with Crippen LogP contribution in [0.5, 0.6) is 5.75 Å². The molecule has 96 valence electrons. The van der Waals surface area contributed by atoms with Crippen molar-refractivity contribution >= 4 is 33.0 Å². The first-order valence-corrected chi connectivity index (χ1v) is 6.76. The molecular weight excluding hydrogens is 284 g/mol. The molecule has 0 aliphatic heterocycles. The number of hydrogen-bond donors (Lipinski definition) is 1. The number of H-pyrrole nitrogens is 1. The summed E-state index contributed by atoms with van der Waals surface area (Å²) in [5, 5.41) is 9.92. The second-order valence-corrected chi connectivity index (χ2v) is 5.26. The number of aromatic amines is 1. The van der Waals surface area contributed by atoms with Crippen molar-refractivity contribution in [2.45, 2.75) is 0 Å². The maximum absolute atomic E-state index is 11.7. The van der Waals surface area contributed by atoms with Crippen molar-refractivity contribution in [3.8, 4) is 17.0 Å². The van der Waals surface area contributed by atoms with Crippen LogP contribution >= 0.6 is 22.9 Å². The Hall–Kier alpha value is -1.85. The molecule has 0 spiro atoms. The largest absolute Gasteiger partial charge is 0.496 e. The molecule has 0 unspecified atom stereocenters. The molecule has 0 atom stereocenters. The van der Waals surface area contributed by atoms with E-state index in [1.165, 1.54) is 11.3 Å². The number of aromatic nitrogens is 2. The predicted molar refractivity (Wildman–Crippen MR) is 77.2 cm³/mol. The van der Waals surface area contributed by atoms with Gasteiger partial charge < -0.3 is 4.74 Å². The fraction of sp³-hybridized carbons (Fsp3) is 0.0769. The molecule has 0 bridgehead atoms. The van der Waals surface area contributed by atoms with Gasteiger partial charge in [-0.25, -0.2) is 5.10 Å². The number of nitrogens with one attached hydrogen (secondary N) is 1. The molecule has 1 aromatic carbocycles. The van der Waals surface area contributed by atoms with Gasteiger partial charge in [-0.3, -0.25) is 4.79 Å². The van der Waals surface area contributed by atoms with Gasteiger partial charge in [0.05, 0.1) is 7.11 Å². The third-order valence-corrected chi connectivity index (χ3v) is 3.96. The van der Waals surface area contributed by atoms with Crippen molar-refractivity contribution in [1.82, 2.24) is 10.2 Å². The normalized spacial score (nSPS) is 10.8. The number of benzene rings is 1. The van der Waals surface area contributed by atoms with Gasteiger partial charge in [-0.2, -0.15) is 5.10 Å². The molecule has 2 aromatic heterocycles. The first-order valence-electron chi connectivity index (χ1n) is 5.50. The number of rotatable bonds is 2. The van der Waals surface area contributed by atoms with Crippen LogP contribution in [0.25, 0.3) is 21.3 Å². The molecule has 2 heterocycles. The Labute approximate surface area is 117 Å². The Morgan fingerprint density at radius 1 is 1.37 bits per heavy atom. The van der Waals surface area contributed by atoms with Crippen molar-refractivity contribution in [1.29, 1.82) is 0 Å². The summed E-state index contributed by atoms with van der Waals surface area (Å²) in [5.74, 6) is 0.625. The summed E-state index contributed by atoms with van der Waals surface area (Å²) in [6.45, 7) is 0. The van der Waals surface area contributed by atoms with Crippen LogP contribution in [-0.2, 0) is 0 Å². The van der Waals surface area contributed by atoms with Crippen molar-refractivity contribution < 1.29 is 4.74 Å². The Morgan fingerprint density at radius 3 is 3.00 bits per heavy atom. The van der Waals surface area contributed by atoms with Gasteiger partial charge in [0.15, 0.2) is 0 Å². The fourth-order valence-electron chi connectivity index (χ4n) is 1.96. The number of hydrogen-bond acceptors (Lipinski definition) is 4. The number of thiophene rings is 1. The minimum absolute atomic E-state index is 0.179. The van der Waals surface area contributed by atoms with Gasteiger partial charge in [0, 0.05) is 16.0 Å². The molecule has 4 nitrogen and oxygen atoms in total. The Morgan fingerprint density at radius 2 is 2.21 bits per heavy atom. The van der Waals surface area contributed by atoms with Crippen LogP contribution in [0.1, 0.15) is 0 Å². The van der Waals surface area contributed by atoms with Crippen molar-refractivity contribution in [3.05, 3.63) is 45.0 Å². The predicted octanol–water partition coefficient (Wildman–Crippen LogP) is 3.31. The summed E-state index contributed by atoms with van der Waals surface area (Å²) < 4.78 is 5.98. The van der Waals surface area contributed by atoms with Gasteiger partial charge in [-0.1, -0.05) is 11.6 Å². The molecule has 3 rings (SSSR count). The van der Waals surface area contributed by atoms with Crippen molar-refractivity contribution in [2.24, 2.45) is 0 Å². The Kier molecular flexibility index (Phi) is 3.00. The van der Waals surface area contributed by atoms with Gasteiger partial charge in [0.1, 0.15) is 16.1 Å². The molecular formula is C13H9ClN2O2S. The number of nitrogens with zero attached hydrogens (tertiary/aromatic N) is 1. The number of methoxy groups -OCH3 is 1. The summed E-state index contributed by atoms with van der Waals surface area (Å²) in [6, 6.07) is 7.21. The summed E-state index contributed by atoms with van der Waals surface area (Å²) >= 11 is 7.34. The first kappa shape index (κ1) is 12.2. The molecule has 0 aliphatic rings. The van der Waals surface area contributed by atoms with Crippen molar-refractivity contribution in [3.63, 3.8) is 0 Å². The van der Waals surface area contributed by atoms with E-state index in [1.807, 2.05) is 17.5 Å². The van der Waals surface area contributed by atoms with Crippen LogP contribution in [0.3, 0.4) is 0 Å². The molecule has 0 amide bonds. The quantitative estimate of drug-likeness (QED) is 0.788. The minimum Gasteiger partial charge on any atom is -0.496 e. The molecule has 0 aliphatic carbocycles.